The van der Waals surface area contributed by atoms with Crippen molar-refractivity contribution >= 4 is 27.0 Å². The van der Waals surface area contributed by atoms with Gasteiger partial charge in [-0.2, -0.15) is 0 Å². The number of aliphatic hydroxyl groups is 1. The van der Waals surface area contributed by atoms with Crippen molar-refractivity contribution in [3.8, 4) is 5.75 Å². The van der Waals surface area contributed by atoms with E-state index in [0.717, 1.165) is 10.0 Å². The Morgan fingerprint density at radius 2 is 1.95 bits per heavy atom. The summed E-state index contributed by atoms with van der Waals surface area (Å²) in [5.41, 5.74) is 1.09. The maximum atomic E-state index is 12.0. The SMILES string of the molecule is Cc1ccc(S(=O)OCC(CO)Oc2cccc(Br)c2)cc1. The summed E-state index contributed by atoms with van der Waals surface area (Å²) in [6.45, 7) is 1.77. The van der Waals surface area contributed by atoms with Gasteiger partial charge in [0, 0.05) is 4.47 Å². The van der Waals surface area contributed by atoms with Crippen LogP contribution in [0, 0.1) is 6.92 Å². The fourth-order valence-electron chi connectivity index (χ4n) is 1.71. The van der Waals surface area contributed by atoms with Crippen LogP contribution < -0.4 is 4.74 Å². The number of ether oxygens (including phenoxy) is 1. The Kier molecular flexibility index (Phi) is 6.57. The first-order chi connectivity index (χ1) is 10.6. The van der Waals surface area contributed by atoms with Crippen LogP contribution in [0.1, 0.15) is 5.56 Å². The Morgan fingerprint density at radius 3 is 2.59 bits per heavy atom. The molecule has 0 saturated carbocycles. The zero-order valence-corrected chi connectivity index (χ0v) is 14.5. The molecular formula is C16H17BrO4S. The van der Waals surface area contributed by atoms with E-state index >= 15 is 0 Å². The van der Waals surface area contributed by atoms with Crippen molar-refractivity contribution in [2.75, 3.05) is 13.2 Å². The quantitative estimate of drug-likeness (QED) is 0.795. The summed E-state index contributed by atoms with van der Waals surface area (Å²) in [5.74, 6) is 0.609. The van der Waals surface area contributed by atoms with Crippen LogP contribution in [0.2, 0.25) is 0 Å². The molecule has 0 amide bonds. The molecule has 4 nitrogen and oxygen atoms in total. The standard InChI is InChI=1S/C16H17BrO4S/c1-12-5-7-16(8-6-12)22(19)20-11-15(10-18)21-14-4-2-3-13(17)9-14/h2-9,15,18H,10-11H2,1H3. The average Bonchev–Trinajstić information content (AvgIpc) is 2.52. The Labute approximate surface area is 140 Å². The molecule has 1 N–H and O–H groups in total. The zero-order valence-electron chi connectivity index (χ0n) is 12.1. The van der Waals surface area contributed by atoms with Crippen LogP contribution in [0.25, 0.3) is 0 Å². The third-order valence-electron chi connectivity index (χ3n) is 2.88. The monoisotopic (exact) mass is 384 g/mol. The van der Waals surface area contributed by atoms with E-state index in [-0.39, 0.29) is 13.2 Å². The van der Waals surface area contributed by atoms with Gasteiger partial charge in [-0.25, -0.2) is 4.21 Å². The number of hydrogen-bond donors (Lipinski definition) is 1. The summed E-state index contributed by atoms with van der Waals surface area (Å²) in [6.07, 6.45) is -0.580. The van der Waals surface area contributed by atoms with E-state index in [0.29, 0.717) is 10.6 Å². The van der Waals surface area contributed by atoms with E-state index in [9.17, 15) is 9.32 Å². The second kappa shape index (κ2) is 8.43. The summed E-state index contributed by atoms with van der Waals surface area (Å²) in [6, 6.07) is 14.5. The number of halogens is 1. The van der Waals surface area contributed by atoms with E-state index in [1.165, 1.54) is 0 Å². The van der Waals surface area contributed by atoms with E-state index in [1.54, 1.807) is 24.3 Å². The van der Waals surface area contributed by atoms with Gasteiger partial charge in [0.2, 0.25) is 0 Å². The molecule has 0 bridgehead atoms. The molecule has 0 radical (unpaired) electrons. The highest BCUT2D eigenvalue weighted by Gasteiger charge is 2.13. The maximum Gasteiger partial charge on any atom is 0.189 e. The molecule has 118 valence electrons. The molecule has 0 aliphatic rings. The Morgan fingerprint density at radius 1 is 1.23 bits per heavy atom. The molecule has 22 heavy (non-hydrogen) atoms. The van der Waals surface area contributed by atoms with Gasteiger partial charge in [0.15, 0.2) is 11.1 Å². The molecule has 2 aromatic carbocycles. The molecule has 2 aromatic rings. The molecule has 0 heterocycles. The molecule has 2 unspecified atom stereocenters. The van der Waals surface area contributed by atoms with Crippen molar-refractivity contribution in [3.05, 3.63) is 58.6 Å². The lowest BCUT2D eigenvalue weighted by Gasteiger charge is -2.16. The molecule has 0 aromatic heterocycles. The average molecular weight is 385 g/mol. The highest BCUT2D eigenvalue weighted by molar-refractivity contribution is 9.10. The topological polar surface area (TPSA) is 55.8 Å². The minimum Gasteiger partial charge on any atom is -0.486 e. The predicted octanol–water partition coefficient (Wildman–Crippen LogP) is 3.24. The summed E-state index contributed by atoms with van der Waals surface area (Å²) in [5, 5.41) is 9.36. The molecule has 0 aliphatic carbocycles. The lowest BCUT2D eigenvalue weighted by molar-refractivity contribution is 0.0766. The smallest absolute Gasteiger partial charge is 0.189 e. The number of aliphatic hydroxyl groups excluding tert-OH is 1. The van der Waals surface area contributed by atoms with Crippen molar-refractivity contribution in [2.24, 2.45) is 0 Å². The van der Waals surface area contributed by atoms with Gasteiger partial charge in [-0.1, -0.05) is 39.7 Å². The summed E-state index contributed by atoms with van der Waals surface area (Å²) in [4.78, 5) is 0.588. The Bertz CT molecular complexity index is 630. The van der Waals surface area contributed by atoms with Gasteiger partial charge in [-0.15, -0.1) is 0 Å². The van der Waals surface area contributed by atoms with Crippen LogP contribution in [0.15, 0.2) is 57.9 Å². The third kappa shape index (κ3) is 5.21. The van der Waals surface area contributed by atoms with Gasteiger partial charge in [0.25, 0.3) is 0 Å². The lowest BCUT2D eigenvalue weighted by atomic mass is 10.2. The molecule has 0 fully saturated rings. The fraction of sp³-hybridized carbons (Fsp3) is 0.250. The minimum absolute atomic E-state index is 0.0313. The molecule has 0 spiro atoms. The second-order valence-electron chi connectivity index (χ2n) is 4.71. The van der Waals surface area contributed by atoms with Crippen LogP contribution >= 0.6 is 15.9 Å². The van der Waals surface area contributed by atoms with E-state index in [2.05, 4.69) is 15.9 Å². The Balaban J connectivity index is 1.90. The summed E-state index contributed by atoms with van der Waals surface area (Å²) >= 11 is 1.77. The van der Waals surface area contributed by atoms with Crippen molar-refractivity contribution in [1.82, 2.24) is 0 Å². The van der Waals surface area contributed by atoms with Gasteiger partial charge < -0.3 is 9.84 Å². The van der Waals surface area contributed by atoms with Crippen LogP contribution in [0.3, 0.4) is 0 Å². The largest absolute Gasteiger partial charge is 0.486 e. The normalized spacial score (nSPS) is 13.6. The summed E-state index contributed by atoms with van der Waals surface area (Å²) < 4.78 is 23.8. The first-order valence-electron chi connectivity index (χ1n) is 6.73. The van der Waals surface area contributed by atoms with Gasteiger partial charge in [-0.3, -0.25) is 4.18 Å². The first kappa shape index (κ1) is 17.1. The number of aryl methyl sites for hydroxylation is 1. The number of hydrogen-bond acceptors (Lipinski definition) is 4. The highest BCUT2D eigenvalue weighted by atomic mass is 79.9. The van der Waals surface area contributed by atoms with E-state index in [1.807, 2.05) is 31.2 Å². The number of benzene rings is 2. The van der Waals surface area contributed by atoms with E-state index < -0.39 is 17.2 Å². The second-order valence-corrected chi connectivity index (χ2v) is 6.80. The summed E-state index contributed by atoms with van der Waals surface area (Å²) in [7, 11) is 0. The van der Waals surface area contributed by atoms with Crippen LogP contribution in [0.5, 0.6) is 5.75 Å². The molecular weight excluding hydrogens is 368 g/mol. The fourth-order valence-corrected chi connectivity index (χ4v) is 2.86. The van der Waals surface area contributed by atoms with Crippen LogP contribution in [-0.4, -0.2) is 28.6 Å². The molecule has 2 rings (SSSR count). The van der Waals surface area contributed by atoms with Crippen LogP contribution in [-0.2, 0) is 15.3 Å². The Hall–Kier alpha value is -1.21. The zero-order chi connectivity index (χ0) is 15.9. The third-order valence-corrected chi connectivity index (χ3v) is 4.38. The van der Waals surface area contributed by atoms with Gasteiger partial charge in [0.1, 0.15) is 18.5 Å². The number of rotatable bonds is 7. The van der Waals surface area contributed by atoms with Crippen LogP contribution in [0.4, 0.5) is 0 Å². The highest BCUT2D eigenvalue weighted by Crippen LogP contribution is 2.19. The lowest BCUT2D eigenvalue weighted by Crippen LogP contribution is -2.27. The van der Waals surface area contributed by atoms with E-state index in [4.69, 9.17) is 8.92 Å². The predicted molar refractivity (Wildman–Crippen MR) is 89.2 cm³/mol. The van der Waals surface area contributed by atoms with Crippen molar-refractivity contribution in [2.45, 2.75) is 17.9 Å². The van der Waals surface area contributed by atoms with Crippen molar-refractivity contribution in [3.63, 3.8) is 0 Å². The molecule has 6 heteroatoms. The molecule has 0 aliphatic heterocycles. The maximum absolute atomic E-state index is 12.0. The van der Waals surface area contributed by atoms with Crippen molar-refractivity contribution < 1.29 is 18.2 Å². The molecule has 0 saturated heterocycles. The van der Waals surface area contributed by atoms with Gasteiger partial charge in [0.05, 0.1) is 11.5 Å². The van der Waals surface area contributed by atoms with Gasteiger partial charge in [-0.05, 0) is 37.3 Å². The first-order valence-corrected chi connectivity index (χ1v) is 8.60. The minimum atomic E-state index is -1.58. The van der Waals surface area contributed by atoms with Crippen molar-refractivity contribution in [1.29, 1.82) is 0 Å². The van der Waals surface area contributed by atoms with Gasteiger partial charge >= 0.3 is 0 Å². The molecule has 2 atom stereocenters.